The predicted octanol–water partition coefficient (Wildman–Crippen LogP) is 7.83. The molecule has 0 aliphatic heterocycles. The van der Waals surface area contributed by atoms with Crippen LogP contribution in [0.5, 0.6) is 5.75 Å². The molecule has 36 heavy (non-hydrogen) atoms. The second-order valence-corrected chi connectivity index (χ2v) is 8.38. The van der Waals surface area contributed by atoms with Gasteiger partial charge in [0.2, 0.25) is 0 Å². The van der Waals surface area contributed by atoms with Crippen molar-refractivity contribution in [1.29, 1.82) is 0 Å². The van der Waals surface area contributed by atoms with E-state index in [0.717, 1.165) is 18.2 Å². The Morgan fingerprint density at radius 2 is 1.61 bits per heavy atom. The second kappa shape index (κ2) is 10.5. The summed E-state index contributed by atoms with van der Waals surface area (Å²) in [6.07, 6.45) is -2.98. The summed E-state index contributed by atoms with van der Waals surface area (Å²) in [7, 11) is 0. The summed E-state index contributed by atoms with van der Waals surface area (Å²) in [5, 5.41) is 0. The van der Waals surface area contributed by atoms with Gasteiger partial charge in [0.25, 0.3) is 0 Å². The third-order valence-electron chi connectivity index (χ3n) is 5.91. The van der Waals surface area contributed by atoms with E-state index in [2.05, 4.69) is 0 Å². The molecule has 0 saturated heterocycles. The number of ether oxygens (including phenoxy) is 2. The number of carbonyl (C=O) groups is 1. The van der Waals surface area contributed by atoms with Crippen molar-refractivity contribution < 1.29 is 36.2 Å². The Morgan fingerprint density at radius 3 is 2.31 bits per heavy atom. The highest BCUT2D eigenvalue weighted by Crippen LogP contribution is 2.45. The molecule has 188 valence electrons. The minimum absolute atomic E-state index is 0.0221. The van der Waals surface area contributed by atoms with Crippen molar-refractivity contribution in [2.45, 2.75) is 39.0 Å². The molecule has 3 nitrogen and oxygen atoms in total. The Bertz CT molecular complexity index is 1290. The van der Waals surface area contributed by atoms with Crippen LogP contribution in [0.1, 0.15) is 58.8 Å². The number of halogens is 5. The molecule has 0 bridgehead atoms. The lowest BCUT2D eigenvalue weighted by molar-refractivity contribution is -0.137. The molecule has 3 aromatic carbocycles. The molecule has 0 unspecified atom stereocenters. The van der Waals surface area contributed by atoms with Crippen LogP contribution < -0.4 is 4.74 Å². The van der Waals surface area contributed by atoms with Crippen LogP contribution in [0, 0.1) is 11.6 Å². The zero-order chi connectivity index (χ0) is 25.9. The molecule has 1 aliphatic carbocycles. The van der Waals surface area contributed by atoms with Crippen LogP contribution in [-0.2, 0) is 17.5 Å². The van der Waals surface area contributed by atoms with Gasteiger partial charge in [-0.25, -0.2) is 13.6 Å². The van der Waals surface area contributed by atoms with Gasteiger partial charge in [0, 0.05) is 5.56 Å². The summed E-state index contributed by atoms with van der Waals surface area (Å²) in [6.45, 7) is 1.78. The van der Waals surface area contributed by atoms with Crippen molar-refractivity contribution in [2.75, 3.05) is 6.61 Å². The van der Waals surface area contributed by atoms with Crippen molar-refractivity contribution in [3.63, 3.8) is 0 Å². The average molecular weight is 502 g/mol. The fourth-order valence-corrected chi connectivity index (χ4v) is 4.27. The molecule has 0 aromatic heterocycles. The molecular formula is C28H23F5O3. The van der Waals surface area contributed by atoms with Crippen molar-refractivity contribution in [2.24, 2.45) is 0 Å². The van der Waals surface area contributed by atoms with Gasteiger partial charge in [-0.05, 0) is 97.0 Å². The highest BCUT2D eigenvalue weighted by atomic mass is 19.4. The van der Waals surface area contributed by atoms with Crippen LogP contribution in [0.4, 0.5) is 22.0 Å². The van der Waals surface area contributed by atoms with Crippen LogP contribution in [0.2, 0.25) is 0 Å². The smallest absolute Gasteiger partial charge is 0.416 e. The molecule has 0 atom stereocenters. The highest BCUT2D eigenvalue weighted by Gasteiger charge is 2.32. The molecule has 1 aliphatic rings. The quantitative estimate of drug-likeness (QED) is 0.244. The van der Waals surface area contributed by atoms with E-state index in [1.54, 1.807) is 6.92 Å². The lowest BCUT2D eigenvalue weighted by atomic mass is 9.94. The van der Waals surface area contributed by atoms with Crippen LogP contribution in [-0.4, -0.2) is 12.6 Å². The molecule has 0 N–H and O–H groups in total. The highest BCUT2D eigenvalue weighted by molar-refractivity contribution is 5.97. The van der Waals surface area contributed by atoms with E-state index in [-0.39, 0.29) is 30.1 Å². The van der Waals surface area contributed by atoms with Crippen molar-refractivity contribution in [1.82, 2.24) is 0 Å². The monoisotopic (exact) mass is 502 g/mol. The lowest BCUT2D eigenvalue weighted by Crippen LogP contribution is -2.07. The Labute approximate surface area is 205 Å². The first kappa shape index (κ1) is 25.4. The summed E-state index contributed by atoms with van der Waals surface area (Å²) in [6, 6.07) is 12.7. The molecule has 8 heteroatoms. The largest absolute Gasteiger partial charge is 0.488 e. The van der Waals surface area contributed by atoms with Crippen molar-refractivity contribution in [3.8, 4) is 5.75 Å². The summed E-state index contributed by atoms with van der Waals surface area (Å²) < 4.78 is 79.2. The SMILES string of the molecule is CCOC(=O)c1cc(F)cc(C2=C(c3cc(C(F)(F)F)ccc3OCc3ccc(F)cc3)CCC2)c1. The summed E-state index contributed by atoms with van der Waals surface area (Å²) in [4.78, 5) is 12.2. The van der Waals surface area contributed by atoms with Crippen LogP contribution in [0.15, 0.2) is 60.7 Å². The summed E-state index contributed by atoms with van der Waals surface area (Å²) in [5.74, 6) is -1.51. The molecule has 3 aromatic rings. The standard InChI is InChI=1S/C28H23F5O3/c1-2-35-27(34)19-12-18(13-22(30)14-19)23-4-3-5-24(23)25-15-20(28(31,32)33)8-11-26(25)36-16-17-6-9-21(29)10-7-17/h6-15H,2-5,16H2,1H3. The molecular weight excluding hydrogens is 479 g/mol. The normalized spacial score (nSPS) is 13.7. The number of rotatable bonds is 7. The third kappa shape index (κ3) is 5.75. The van der Waals surface area contributed by atoms with E-state index < -0.39 is 29.3 Å². The van der Waals surface area contributed by atoms with E-state index in [4.69, 9.17) is 9.47 Å². The van der Waals surface area contributed by atoms with Gasteiger partial charge in [-0.15, -0.1) is 0 Å². The number of allylic oxidation sites excluding steroid dienone is 2. The Kier molecular flexibility index (Phi) is 7.43. The van der Waals surface area contributed by atoms with E-state index >= 15 is 0 Å². The fourth-order valence-electron chi connectivity index (χ4n) is 4.27. The maximum absolute atomic E-state index is 14.4. The van der Waals surface area contributed by atoms with Gasteiger partial charge in [0.05, 0.1) is 17.7 Å². The van der Waals surface area contributed by atoms with Gasteiger partial charge in [-0.1, -0.05) is 12.1 Å². The molecule has 0 heterocycles. The van der Waals surface area contributed by atoms with E-state index in [1.165, 1.54) is 42.5 Å². The molecule has 4 rings (SSSR count). The van der Waals surface area contributed by atoms with E-state index in [1.807, 2.05) is 0 Å². The summed E-state index contributed by atoms with van der Waals surface area (Å²) >= 11 is 0. The van der Waals surface area contributed by atoms with Gasteiger partial charge in [-0.3, -0.25) is 0 Å². The van der Waals surface area contributed by atoms with E-state index in [9.17, 15) is 26.7 Å². The lowest BCUT2D eigenvalue weighted by Gasteiger charge is -2.17. The van der Waals surface area contributed by atoms with Crippen molar-refractivity contribution in [3.05, 3.63) is 100 Å². The minimum Gasteiger partial charge on any atom is -0.488 e. The third-order valence-corrected chi connectivity index (χ3v) is 5.91. The first-order valence-corrected chi connectivity index (χ1v) is 11.4. The predicted molar refractivity (Wildman–Crippen MR) is 125 cm³/mol. The second-order valence-electron chi connectivity index (χ2n) is 8.38. The average Bonchev–Trinajstić information content (AvgIpc) is 3.33. The molecule has 0 spiro atoms. The zero-order valence-electron chi connectivity index (χ0n) is 19.4. The Morgan fingerprint density at radius 1 is 0.889 bits per heavy atom. The first-order chi connectivity index (χ1) is 17.2. The number of hydrogen-bond donors (Lipinski definition) is 0. The van der Waals surface area contributed by atoms with Gasteiger partial charge in [0.1, 0.15) is 24.0 Å². The number of esters is 1. The Hall–Kier alpha value is -3.68. The number of carbonyl (C=O) groups excluding carboxylic acids is 1. The minimum atomic E-state index is -4.57. The molecule has 0 amide bonds. The van der Waals surface area contributed by atoms with Crippen molar-refractivity contribution >= 4 is 17.1 Å². The van der Waals surface area contributed by atoms with Gasteiger partial charge in [0.15, 0.2) is 0 Å². The zero-order valence-corrected chi connectivity index (χ0v) is 19.4. The van der Waals surface area contributed by atoms with Gasteiger partial charge < -0.3 is 9.47 Å². The molecule has 0 radical (unpaired) electrons. The fraction of sp³-hybridized carbons (Fsp3) is 0.250. The van der Waals surface area contributed by atoms with Gasteiger partial charge >= 0.3 is 12.1 Å². The number of hydrogen-bond acceptors (Lipinski definition) is 3. The van der Waals surface area contributed by atoms with Crippen LogP contribution in [0.3, 0.4) is 0 Å². The van der Waals surface area contributed by atoms with E-state index in [0.29, 0.717) is 41.5 Å². The summed E-state index contributed by atoms with van der Waals surface area (Å²) in [5.41, 5.74) is 1.74. The number of alkyl halides is 3. The van der Waals surface area contributed by atoms with Crippen LogP contribution >= 0.6 is 0 Å². The topological polar surface area (TPSA) is 35.5 Å². The van der Waals surface area contributed by atoms with Crippen LogP contribution in [0.25, 0.3) is 11.1 Å². The van der Waals surface area contributed by atoms with Gasteiger partial charge in [-0.2, -0.15) is 13.2 Å². The maximum Gasteiger partial charge on any atom is 0.416 e. The maximum atomic E-state index is 14.4. The number of benzene rings is 3. The Balaban J connectivity index is 1.78. The molecule has 0 saturated carbocycles. The molecule has 0 fully saturated rings. The first-order valence-electron chi connectivity index (χ1n) is 11.4.